The van der Waals surface area contributed by atoms with Gasteiger partial charge in [0.05, 0.1) is 17.4 Å². The van der Waals surface area contributed by atoms with Crippen molar-refractivity contribution in [3.8, 4) is 0 Å². The molecule has 2 N–H and O–H groups in total. The van der Waals surface area contributed by atoms with Gasteiger partial charge in [-0.05, 0) is 51.6 Å². The Labute approximate surface area is 137 Å². The molecule has 5 heteroatoms. The first kappa shape index (κ1) is 16.0. The van der Waals surface area contributed by atoms with Gasteiger partial charge in [-0.25, -0.2) is 4.98 Å². The maximum Gasteiger partial charge on any atom is 0.251 e. The minimum Gasteiger partial charge on any atom is -0.352 e. The maximum absolute atomic E-state index is 12.4. The van der Waals surface area contributed by atoms with Crippen molar-refractivity contribution in [3.63, 3.8) is 0 Å². The second kappa shape index (κ2) is 6.71. The van der Waals surface area contributed by atoms with Crippen LogP contribution in [0.3, 0.4) is 0 Å². The van der Waals surface area contributed by atoms with E-state index >= 15 is 0 Å². The highest BCUT2D eigenvalue weighted by Gasteiger charge is 2.33. The van der Waals surface area contributed by atoms with E-state index in [1.165, 1.54) is 32.1 Å². The van der Waals surface area contributed by atoms with Crippen LogP contribution in [0.1, 0.15) is 48.9 Å². The first-order valence-corrected chi connectivity index (χ1v) is 8.49. The van der Waals surface area contributed by atoms with Crippen molar-refractivity contribution >= 4 is 16.9 Å². The van der Waals surface area contributed by atoms with Crippen molar-refractivity contribution in [2.75, 3.05) is 20.6 Å². The van der Waals surface area contributed by atoms with Gasteiger partial charge in [0.1, 0.15) is 0 Å². The van der Waals surface area contributed by atoms with E-state index in [9.17, 15) is 4.79 Å². The number of hydrogen-bond acceptors (Lipinski definition) is 3. The fourth-order valence-corrected chi connectivity index (χ4v) is 3.72. The van der Waals surface area contributed by atoms with Crippen LogP contribution in [0.2, 0.25) is 0 Å². The smallest absolute Gasteiger partial charge is 0.251 e. The zero-order valence-electron chi connectivity index (χ0n) is 14.1. The summed E-state index contributed by atoms with van der Waals surface area (Å²) in [6.45, 7) is 0.720. The number of amides is 1. The molecule has 1 heterocycles. The average molecular weight is 314 g/mol. The molecular formula is C18H26N4O. The molecule has 124 valence electrons. The van der Waals surface area contributed by atoms with E-state index in [-0.39, 0.29) is 11.4 Å². The van der Waals surface area contributed by atoms with Gasteiger partial charge >= 0.3 is 0 Å². The summed E-state index contributed by atoms with van der Waals surface area (Å²) in [7, 11) is 4.33. The van der Waals surface area contributed by atoms with E-state index in [0.717, 1.165) is 24.0 Å². The fraction of sp³-hybridized carbons (Fsp3) is 0.556. The summed E-state index contributed by atoms with van der Waals surface area (Å²) in [4.78, 5) is 21.9. The molecule has 1 saturated carbocycles. The number of aromatic amines is 1. The lowest BCUT2D eigenvalue weighted by Gasteiger charge is -2.43. The minimum absolute atomic E-state index is 0.00813. The number of nitrogens with one attached hydrogen (secondary N) is 2. The third-order valence-corrected chi connectivity index (χ3v) is 5.29. The Morgan fingerprint density at radius 2 is 2.09 bits per heavy atom. The van der Waals surface area contributed by atoms with Crippen LogP contribution in [0, 0.1) is 0 Å². The van der Waals surface area contributed by atoms with Gasteiger partial charge in [-0.15, -0.1) is 0 Å². The number of imidazole rings is 1. The van der Waals surface area contributed by atoms with E-state index in [0.29, 0.717) is 5.56 Å². The molecule has 0 radical (unpaired) electrons. The third-order valence-electron chi connectivity index (χ3n) is 5.29. The topological polar surface area (TPSA) is 61.0 Å². The van der Waals surface area contributed by atoms with Crippen molar-refractivity contribution in [2.45, 2.75) is 44.1 Å². The molecule has 0 spiro atoms. The molecule has 1 aromatic heterocycles. The van der Waals surface area contributed by atoms with E-state index in [4.69, 9.17) is 0 Å². The van der Waals surface area contributed by atoms with Crippen LogP contribution in [0.25, 0.3) is 11.0 Å². The standard InChI is InChI=1S/C18H26N4O/c1-22(2)18(8-4-3-5-9-18)10-11-19-17(23)14-6-7-15-16(12-14)21-13-20-15/h6-7,12-13H,3-5,8-11H2,1-2H3,(H,19,23)(H,20,21). The largest absolute Gasteiger partial charge is 0.352 e. The van der Waals surface area contributed by atoms with Gasteiger partial charge in [-0.3, -0.25) is 4.79 Å². The quantitative estimate of drug-likeness (QED) is 0.892. The van der Waals surface area contributed by atoms with Crippen LogP contribution in [0.5, 0.6) is 0 Å². The normalized spacial score (nSPS) is 17.5. The van der Waals surface area contributed by atoms with Crippen LogP contribution >= 0.6 is 0 Å². The zero-order chi connectivity index (χ0) is 16.3. The summed E-state index contributed by atoms with van der Waals surface area (Å²) in [5.41, 5.74) is 2.72. The van der Waals surface area contributed by atoms with Gasteiger partial charge in [0, 0.05) is 17.6 Å². The lowest BCUT2D eigenvalue weighted by atomic mass is 9.78. The lowest BCUT2D eigenvalue weighted by molar-refractivity contribution is 0.0835. The van der Waals surface area contributed by atoms with Crippen molar-refractivity contribution in [2.24, 2.45) is 0 Å². The molecule has 1 aliphatic carbocycles. The molecule has 23 heavy (non-hydrogen) atoms. The predicted octanol–water partition coefficient (Wildman–Crippen LogP) is 2.95. The van der Waals surface area contributed by atoms with Crippen LogP contribution in [-0.4, -0.2) is 47.0 Å². The number of nitrogens with zero attached hydrogens (tertiary/aromatic N) is 2. The van der Waals surface area contributed by atoms with E-state index < -0.39 is 0 Å². The van der Waals surface area contributed by atoms with Gasteiger partial charge < -0.3 is 15.2 Å². The van der Waals surface area contributed by atoms with Gasteiger partial charge in [0.15, 0.2) is 0 Å². The molecule has 1 aliphatic rings. The SMILES string of the molecule is CN(C)C1(CCNC(=O)c2ccc3nc[nH]c3c2)CCCCC1. The van der Waals surface area contributed by atoms with Crippen molar-refractivity contribution in [1.82, 2.24) is 20.2 Å². The summed E-state index contributed by atoms with van der Waals surface area (Å²) in [6, 6.07) is 5.57. The Morgan fingerprint density at radius 3 is 2.83 bits per heavy atom. The summed E-state index contributed by atoms with van der Waals surface area (Å²) >= 11 is 0. The number of rotatable bonds is 5. The van der Waals surface area contributed by atoms with Crippen molar-refractivity contribution in [1.29, 1.82) is 0 Å². The molecule has 1 aromatic carbocycles. The molecule has 5 nitrogen and oxygen atoms in total. The van der Waals surface area contributed by atoms with Crippen molar-refractivity contribution in [3.05, 3.63) is 30.1 Å². The van der Waals surface area contributed by atoms with E-state index in [1.807, 2.05) is 18.2 Å². The second-order valence-corrected chi connectivity index (χ2v) is 6.82. The van der Waals surface area contributed by atoms with Crippen molar-refractivity contribution < 1.29 is 4.79 Å². The zero-order valence-corrected chi connectivity index (χ0v) is 14.1. The van der Waals surface area contributed by atoms with Crippen LogP contribution in [0.15, 0.2) is 24.5 Å². The Balaban J connectivity index is 1.59. The Hall–Kier alpha value is -1.88. The highest BCUT2D eigenvalue weighted by atomic mass is 16.1. The van der Waals surface area contributed by atoms with Gasteiger partial charge in [-0.1, -0.05) is 19.3 Å². The van der Waals surface area contributed by atoms with Crippen LogP contribution in [0.4, 0.5) is 0 Å². The Morgan fingerprint density at radius 1 is 1.30 bits per heavy atom. The Bertz CT molecular complexity index is 670. The molecule has 3 rings (SSSR count). The van der Waals surface area contributed by atoms with E-state index in [2.05, 4.69) is 34.3 Å². The number of H-pyrrole nitrogens is 1. The number of hydrogen-bond donors (Lipinski definition) is 2. The summed E-state index contributed by atoms with van der Waals surface area (Å²) < 4.78 is 0. The summed E-state index contributed by atoms with van der Waals surface area (Å²) in [6.07, 6.45) is 9.05. The monoisotopic (exact) mass is 314 g/mol. The number of carbonyl (C=O) groups excluding carboxylic acids is 1. The molecule has 1 fully saturated rings. The number of carbonyl (C=O) groups is 1. The predicted molar refractivity (Wildman–Crippen MR) is 92.5 cm³/mol. The average Bonchev–Trinajstić information content (AvgIpc) is 3.03. The molecule has 0 unspecified atom stereocenters. The molecule has 2 aromatic rings. The molecule has 0 atom stereocenters. The number of aromatic nitrogens is 2. The van der Waals surface area contributed by atoms with Gasteiger partial charge in [0.2, 0.25) is 0 Å². The molecule has 0 bridgehead atoms. The molecular weight excluding hydrogens is 288 g/mol. The number of benzene rings is 1. The first-order valence-electron chi connectivity index (χ1n) is 8.49. The van der Waals surface area contributed by atoms with E-state index in [1.54, 1.807) is 6.33 Å². The number of fused-ring (bicyclic) bond motifs is 1. The highest BCUT2D eigenvalue weighted by molar-refractivity contribution is 5.97. The molecule has 1 amide bonds. The van der Waals surface area contributed by atoms with Crippen LogP contribution in [-0.2, 0) is 0 Å². The van der Waals surface area contributed by atoms with Crippen LogP contribution < -0.4 is 5.32 Å². The maximum atomic E-state index is 12.4. The second-order valence-electron chi connectivity index (χ2n) is 6.82. The highest BCUT2D eigenvalue weighted by Crippen LogP contribution is 2.34. The lowest BCUT2D eigenvalue weighted by Crippen LogP contribution is -2.48. The third kappa shape index (κ3) is 3.39. The summed E-state index contributed by atoms with van der Waals surface area (Å²) in [5.74, 6) is -0.00813. The molecule has 0 saturated heterocycles. The summed E-state index contributed by atoms with van der Waals surface area (Å²) in [5, 5.41) is 3.08. The first-order chi connectivity index (χ1) is 11.1. The van der Waals surface area contributed by atoms with Gasteiger partial charge in [0.25, 0.3) is 5.91 Å². The minimum atomic E-state index is -0.00813. The van der Waals surface area contributed by atoms with Gasteiger partial charge in [-0.2, -0.15) is 0 Å². The molecule has 0 aliphatic heterocycles. The Kier molecular flexibility index (Phi) is 4.66. The fourth-order valence-electron chi connectivity index (χ4n) is 3.72.